The second kappa shape index (κ2) is 9.64. The summed E-state index contributed by atoms with van der Waals surface area (Å²) in [6.45, 7) is 1.84. The number of ketones is 1. The highest BCUT2D eigenvalue weighted by Gasteiger charge is 2.17. The van der Waals surface area contributed by atoms with Gasteiger partial charge in [-0.2, -0.15) is 0 Å². The van der Waals surface area contributed by atoms with Gasteiger partial charge in [-0.05, 0) is 40.7 Å². The fourth-order valence-corrected chi connectivity index (χ4v) is 4.80. The molecule has 0 saturated heterocycles. The lowest BCUT2D eigenvalue weighted by molar-refractivity contribution is 0.101. The van der Waals surface area contributed by atoms with Crippen LogP contribution in [0.1, 0.15) is 23.0 Å². The highest BCUT2D eigenvalue weighted by molar-refractivity contribution is 7.18. The Morgan fingerprint density at radius 1 is 1.05 bits per heavy atom. The van der Waals surface area contributed by atoms with Crippen molar-refractivity contribution in [2.45, 2.75) is 13.5 Å². The van der Waals surface area contributed by atoms with E-state index in [1.807, 2.05) is 48.5 Å². The zero-order valence-corrected chi connectivity index (χ0v) is 21.6. The van der Waals surface area contributed by atoms with Gasteiger partial charge in [0.05, 0.1) is 25.8 Å². The van der Waals surface area contributed by atoms with Gasteiger partial charge >= 0.3 is 0 Å². The van der Waals surface area contributed by atoms with E-state index in [4.69, 9.17) is 18.6 Å². The Labute approximate surface area is 221 Å². The molecular formula is C28H22N4O5S. The average molecular weight is 527 g/mol. The predicted molar refractivity (Wildman–Crippen MR) is 143 cm³/mol. The maximum absolute atomic E-state index is 11.5. The van der Waals surface area contributed by atoms with Gasteiger partial charge in [0.2, 0.25) is 4.96 Å². The number of fused-ring (bicyclic) bond motifs is 2. The molecule has 38 heavy (non-hydrogen) atoms. The van der Waals surface area contributed by atoms with Crippen LogP contribution in [-0.4, -0.2) is 39.6 Å². The van der Waals surface area contributed by atoms with Gasteiger partial charge in [0.15, 0.2) is 11.5 Å². The normalized spacial score (nSPS) is 11.2. The lowest BCUT2D eigenvalue weighted by atomic mass is 10.0. The molecule has 6 rings (SSSR count). The second-order valence-electron chi connectivity index (χ2n) is 8.55. The molecule has 9 nitrogen and oxygen atoms in total. The van der Waals surface area contributed by atoms with Gasteiger partial charge in [-0.15, -0.1) is 5.10 Å². The Hall–Kier alpha value is -4.70. The maximum atomic E-state index is 11.5. The molecule has 0 spiro atoms. The number of carbonyl (C=O) groups is 1. The van der Waals surface area contributed by atoms with E-state index in [-0.39, 0.29) is 5.78 Å². The number of hydrogen-bond acceptors (Lipinski definition) is 9. The number of imidazole rings is 1. The molecule has 0 fully saturated rings. The number of hydrogen-bond donors (Lipinski definition) is 0. The molecule has 10 heteroatoms. The van der Waals surface area contributed by atoms with Crippen LogP contribution in [0, 0.1) is 0 Å². The zero-order valence-electron chi connectivity index (χ0n) is 20.8. The van der Waals surface area contributed by atoms with Crippen LogP contribution < -0.4 is 14.2 Å². The summed E-state index contributed by atoms with van der Waals surface area (Å²) in [6.07, 6.45) is 3.51. The molecule has 190 valence electrons. The maximum Gasteiger partial charge on any atom is 0.294 e. The Kier molecular flexibility index (Phi) is 6.01. The van der Waals surface area contributed by atoms with Gasteiger partial charge in [-0.25, -0.2) is 9.50 Å². The number of Topliss-reactive ketones (excluding diaryl/α,β-unsaturated/α-hetero) is 1. The number of furan rings is 1. The Morgan fingerprint density at radius 3 is 2.68 bits per heavy atom. The number of pyridine rings is 1. The van der Waals surface area contributed by atoms with Crippen molar-refractivity contribution in [2.24, 2.45) is 0 Å². The van der Waals surface area contributed by atoms with E-state index < -0.39 is 0 Å². The van der Waals surface area contributed by atoms with E-state index in [2.05, 4.69) is 15.1 Å². The van der Waals surface area contributed by atoms with Crippen molar-refractivity contribution in [3.8, 4) is 39.3 Å². The van der Waals surface area contributed by atoms with Gasteiger partial charge < -0.3 is 18.6 Å². The number of rotatable bonds is 8. The van der Waals surface area contributed by atoms with Gasteiger partial charge in [0.1, 0.15) is 35.1 Å². The number of aromatic nitrogens is 4. The van der Waals surface area contributed by atoms with E-state index in [9.17, 15) is 4.79 Å². The van der Waals surface area contributed by atoms with E-state index >= 15 is 0 Å². The summed E-state index contributed by atoms with van der Waals surface area (Å²) in [7, 11) is 3.18. The lowest BCUT2D eigenvalue weighted by Crippen LogP contribution is -1.98. The fourth-order valence-electron chi connectivity index (χ4n) is 4.10. The summed E-state index contributed by atoms with van der Waals surface area (Å²) in [4.78, 5) is 21.1. The molecule has 0 unspecified atom stereocenters. The first-order chi connectivity index (χ1) is 18.5. The van der Waals surface area contributed by atoms with Gasteiger partial charge in [-0.1, -0.05) is 24.3 Å². The molecule has 0 N–H and O–H groups in total. The van der Waals surface area contributed by atoms with Crippen molar-refractivity contribution in [3.05, 3.63) is 78.2 Å². The third-order valence-corrected chi connectivity index (χ3v) is 6.92. The molecular weight excluding hydrogens is 504 g/mol. The molecule has 2 aromatic carbocycles. The SMILES string of the molecule is COc1cc(OCc2cccc(-c3ccc(C(C)=O)nc3)c2)c2cc(-c3cn4nc(OC)sc4n3)oc2c1. The van der Waals surface area contributed by atoms with Crippen molar-refractivity contribution >= 4 is 33.1 Å². The van der Waals surface area contributed by atoms with Crippen molar-refractivity contribution in [1.29, 1.82) is 0 Å². The predicted octanol–water partition coefficient (Wildman–Crippen LogP) is 6.06. The van der Waals surface area contributed by atoms with Crippen molar-refractivity contribution < 1.29 is 23.4 Å². The molecule has 0 aliphatic carbocycles. The number of ether oxygens (including phenoxy) is 3. The highest BCUT2D eigenvalue weighted by Crippen LogP contribution is 2.37. The van der Waals surface area contributed by atoms with Gasteiger partial charge in [0.25, 0.3) is 5.19 Å². The molecule has 0 aliphatic heterocycles. The zero-order chi connectivity index (χ0) is 26.2. The topological polar surface area (TPSA) is 101 Å². The summed E-state index contributed by atoms with van der Waals surface area (Å²) in [5.41, 5.74) is 4.62. The second-order valence-corrected chi connectivity index (χ2v) is 9.47. The van der Waals surface area contributed by atoms with Crippen LogP contribution in [0.5, 0.6) is 16.7 Å². The molecule has 0 atom stereocenters. The van der Waals surface area contributed by atoms with Crippen LogP contribution in [-0.2, 0) is 6.61 Å². The number of methoxy groups -OCH3 is 2. The first-order valence-electron chi connectivity index (χ1n) is 11.7. The first kappa shape index (κ1) is 23.7. The summed E-state index contributed by atoms with van der Waals surface area (Å²) >= 11 is 1.35. The number of carbonyl (C=O) groups excluding carboxylic acids is 1. The van der Waals surface area contributed by atoms with Crippen LogP contribution in [0.4, 0.5) is 0 Å². The minimum atomic E-state index is -0.0599. The van der Waals surface area contributed by atoms with Crippen LogP contribution >= 0.6 is 11.3 Å². The standard InChI is InChI=1S/C28H22N4O5S/c1-16(33)22-8-7-19(13-29-22)18-6-4-5-17(9-18)15-36-24-10-20(34-2)11-25-21(24)12-26(37-25)23-14-32-27(30-23)38-28(31-32)35-3/h4-14H,15H2,1-3H3. The molecule has 0 saturated carbocycles. The van der Waals surface area contributed by atoms with Crippen LogP contribution in [0.2, 0.25) is 0 Å². The monoisotopic (exact) mass is 526 g/mol. The van der Waals surface area contributed by atoms with Crippen LogP contribution in [0.15, 0.2) is 71.4 Å². The fraction of sp³-hybridized carbons (Fsp3) is 0.143. The highest BCUT2D eigenvalue weighted by atomic mass is 32.1. The molecule has 0 amide bonds. The van der Waals surface area contributed by atoms with E-state index in [0.717, 1.165) is 22.1 Å². The smallest absolute Gasteiger partial charge is 0.294 e. The average Bonchev–Trinajstić information content (AvgIpc) is 3.65. The molecule has 4 aromatic heterocycles. The Bertz CT molecular complexity index is 1750. The van der Waals surface area contributed by atoms with Crippen molar-refractivity contribution in [2.75, 3.05) is 14.2 Å². The Morgan fingerprint density at radius 2 is 1.95 bits per heavy atom. The van der Waals surface area contributed by atoms with E-state index in [1.54, 1.807) is 37.2 Å². The van der Waals surface area contributed by atoms with Gasteiger partial charge in [0, 0.05) is 30.8 Å². The summed E-state index contributed by atoms with van der Waals surface area (Å²) in [5.74, 6) is 1.79. The number of benzene rings is 2. The van der Waals surface area contributed by atoms with Crippen LogP contribution in [0.25, 0.3) is 38.5 Å². The molecule has 0 bridgehead atoms. The van der Waals surface area contributed by atoms with E-state index in [1.165, 1.54) is 18.3 Å². The largest absolute Gasteiger partial charge is 0.496 e. The molecule has 6 aromatic rings. The number of nitrogens with zero attached hydrogens (tertiary/aromatic N) is 4. The minimum absolute atomic E-state index is 0.0599. The third kappa shape index (κ3) is 4.46. The third-order valence-electron chi connectivity index (χ3n) is 6.04. The summed E-state index contributed by atoms with van der Waals surface area (Å²) in [5, 5.41) is 5.67. The molecule has 0 aliphatic rings. The summed E-state index contributed by atoms with van der Waals surface area (Å²) < 4.78 is 24.7. The van der Waals surface area contributed by atoms with Crippen molar-refractivity contribution in [1.82, 2.24) is 19.6 Å². The Balaban J connectivity index is 1.28. The lowest BCUT2D eigenvalue weighted by Gasteiger charge is -2.10. The van der Waals surface area contributed by atoms with E-state index in [0.29, 0.717) is 51.0 Å². The van der Waals surface area contributed by atoms with Gasteiger partial charge in [-0.3, -0.25) is 9.78 Å². The first-order valence-corrected chi connectivity index (χ1v) is 12.5. The summed E-state index contributed by atoms with van der Waals surface area (Å²) in [6, 6.07) is 17.2. The van der Waals surface area contributed by atoms with Crippen LogP contribution in [0.3, 0.4) is 0 Å². The molecule has 4 heterocycles. The quantitative estimate of drug-likeness (QED) is 0.221. The minimum Gasteiger partial charge on any atom is -0.496 e. The molecule has 0 radical (unpaired) electrons. The van der Waals surface area contributed by atoms with Crippen molar-refractivity contribution in [3.63, 3.8) is 0 Å².